The number of aliphatic hydroxyl groups excluding tert-OH is 2. The first-order chi connectivity index (χ1) is 16.2. The van der Waals surface area contributed by atoms with E-state index < -0.39 is 19.1 Å². The molecule has 2 heterocycles. The molecule has 0 spiro atoms. The molecule has 0 fully saturated rings. The van der Waals surface area contributed by atoms with Gasteiger partial charge in [-0.1, -0.05) is 29.4 Å². The van der Waals surface area contributed by atoms with Crippen LogP contribution in [0.1, 0.15) is 17.2 Å². The van der Waals surface area contributed by atoms with Gasteiger partial charge in [0, 0.05) is 17.8 Å². The molecular weight excluding hydrogens is 455 g/mol. The van der Waals surface area contributed by atoms with Crippen LogP contribution in [0.25, 0.3) is 22.8 Å². The second-order valence-electron chi connectivity index (χ2n) is 7.32. The Labute approximate surface area is 190 Å². The lowest BCUT2D eigenvalue weighted by Crippen LogP contribution is -2.19. The number of halogens is 3. The first-order valence-electron chi connectivity index (χ1n) is 10.0. The number of alkyl halides is 3. The van der Waals surface area contributed by atoms with Crippen LogP contribution in [0.5, 0.6) is 5.75 Å². The Kier molecular flexibility index (Phi) is 6.48. The molecule has 1 atom stereocenters. The molecule has 4 aromatic rings. The summed E-state index contributed by atoms with van der Waals surface area (Å²) in [5, 5.41) is 22.8. The Balaban J connectivity index is 1.55. The molecule has 0 saturated carbocycles. The van der Waals surface area contributed by atoms with Crippen molar-refractivity contribution in [1.82, 2.24) is 14.7 Å². The highest BCUT2D eigenvalue weighted by molar-refractivity contribution is 5.60. The highest BCUT2D eigenvalue weighted by Crippen LogP contribution is 2.27. The smallest absolute Gasteiger partial charge is 0.406 e. The van der Waals surface area contributed by atoms with Gasteiger partial charge in [-0.15, -0.1) is 13.2 Å². The zero-order valence-electron chi connectivity index (χ0n) is 17.4. The Hall–Kier alpha value is -3.96. The standard InChI is InChI=1S/C23H18F3N3O5/c24-23(25,26)33-18-7-4-15(5-8-18)21-27-22(34-28-21)17-6-9-20(32)29(12-17)11-14-2-1-3-16(10-14)19(31)13-30/h1-10,12,19,30-31H,11,13H2/t19-/m0/s1. The zero-order chi connectivity index (χ0) is 24.3. The summed E-state index contributed by atoms with van der Waals surface area (Å²) in [5.41, 5.74) is 1.85. The van der Waals surface area contributed by atoms with E-state index in [0.29, 0.717) is 16.7 Å². The van der Waals surface area contributed by atoms with Crippen LogP contribution in [-0.4, -0.2) is 37.9 Å². The predicted molar refractivity (Wildman–Crippen MR) is 114 cm³/mol. The van der Waals surface area contributed by atoms with E-state index in [9.17, 15) is 23.1 Å². The minimum Gasteiger partial charge on any atom is -0.406 e. The number of rotatable bonds is 7. The average molecular weight is 473 g/mol. The molecule has 176 valence electrons. The molecule has 2 aromatic heterocycles. The third kappa shape index (κ3) is 5.50. The van der Waals surface area contributed by atoms with Gasteiger partial charge in [0.05, 0.1) is 18.7 Å². The Morgan fingerprint density at radius 1 is 1.06 bits per heavy atom. The second-order valence-corrected chi connectivity index (χ2v) is 7.32. The summed E-state index contributed by atoms with van der Waals surface area (Å²) in [6.45, 7) is -0.225. The van der Waals surface area contributed by atoms with Crippen LogP contribution >= 0.6 is 0 Å². The average Bonchev–Trinajstić information content (AvgIpc) is 3.30. The van der Waals surface area contributed by atoms with Crippen LogP contribution in [0.15, 0.2) is 76.2 Å². The van der Waals surface area contributed by atoms with Crippen molar-refractivity contribution >= 4 is 0 Å². The van der Waals surface area contributed by atoms with Crippen LogP contribution in [0.2, 0.25) is 0 Å². The van der Waals surface area contributed by atoms with Gasteiger partial charge in [-0.25, -0.2) is 0 Å². The Morgan fingerprint density at radius 3 is 2.50 bits per heavy atom. The van der Waals surface area contributed by atoms with E-state index in [4.69, 9.17) is 9.63 Å². The van der Waals surface area contributed by atoms with Gasteiger partial charge >= 0.3 is 6.36 Å². The lowest BCUT2D eigenvalue weighted by molar-refractivity contribution is -0.274. The SMILES string of the molecule is O=c1ccc(-c2nc(-c3ccc(OC(F)(F)F)cc3)no2)cn1Cc1cccc([C@@H](O)CO)c1. The van der Waals surface area contributed by atoms with Crippen molar-refractivity contribution in [2.75, 3.05) is 6.61 Å². The number of ether oxygens (including phenoxy) is 1. The lowest BCUT2D eigenvalue weighted by Gasteiger charge is -2.11. The molecule has 2 aromatic carbocycles. The van der Waals surface area contributed by atoms with Crippen molar-refractivity contribution in [1.29, 1.82) is 0 Å². The normalized spacial score (nSPS) is 12.5. The van der Waals surface area contributed by atoms with E-state index in [1.165, 1.54) is 35.0 Å². The Bertz CT molecular complexity index is 1330. The summed E-state index contributed by atoms with van der Waals surface area (Å²) in [7, 11) is 0. The minimum absolute atomic E-state index is 0.115. The first-order valence-corrected chi connectivity index (χ1v) is 10.0. The third-order valence-corrected chi connectivity index (χ3v) is 4.86. The van der Waals surface area contributed by atoms with Gasteiger partial charge in [0.15, 0.2) is 0 Å². The van der Waals surface area contributed by atoms with Crippen molar-refractivity contribution in [2.24, 2.45) is 0 Å². The number of nitrogens with zero attached hydrogens (tertiary/aromatic N) is 3. The van der Waals surface area contributed by atoms with Gasteiger partial charge in [0.2, 0.25) is 5.82 Å². The van der Waals surface area contributed by atoms with Crippen molar-refractivity contribution in [2.45, 2.75) is 19.0 Å². The van der Waals surface area contributed by atoms with Crippen LogP contribution in [0.3, 0.4) is 0 Å². The van der Waals surface area contributed by atoms with Crippen LogP contribution in [0.4, 0.5) is 13.2 Å². The maximum atomic E-state index is 12.4. The quantitative estimate of drug-likeness (QED) is 0.422. The number of aromatic nitrogens is 3. The number of hydrogen-bond donors (Lipinski definition) is 2. The highest BCUT2D eigenvalue weighted by atomic mass is 19.4. The molecule has 0 aliphatic carbocycles. The molecule has 0 bridgehead atoms. The molecule has 4 rings (SSSR count). The maximum absolute atomic E-state index is 12.4. The largest absolute Gasteiger partial charge is 0.573 e. The van der Waals surface area contributed by atoms with Crippen molar-refractivity contribution in [3.05, 3.63) is 88.3 Å². The molecule has 0 amide bonds. The number of hydrogen-bond acceptors (Lipinski definition) is 7. The predicted octanol–water partition coefficient (Wildman–Crippen LogP) is 3.54. The number of aliphatic hydroxyl groups is 2. The van der Waals surface area contributed by atoms with E-state index in [1.807, 2.05) is 0 Å². The fourth-order valence-electron chi connectivity index (χ4n) is 3.25. The van der Waals surface area contributed by atoms with Gasteiger partial charge in [-0.3, -0.25) is 4.79 Å². The fraction of sp³-hybridized carbons (Fsp3) is 0.174. The summed E-state index contributed by atoms with van der Waals surface area (Å²) < 4.78 is 47.5. The Morgan fingerprint density at radius 2 is 1.79 bits per heavy atom. The van der Waals surface area contributed by atoms with Crippen molar-refractivity contribution < 1.29 is 32.6 Å². The van der Waals surface area contributed by atoms with Crippen molar-refractivity contribution in [3.8, 4) is 28.6 Å². The van der Waals surface area contributed by atoms with Crippen LogP contribution in [0, 0.1) is 0 Å². The van der Waals surface area contributed by atoms with Gasteiger partial charge in [-0.05, 0) is 41.5 Å². The molecule has 0 radical (unpaired) electrons. The molecule has 0 saturated heterocycles. The van der Waals surface area contributed by atoms with E-state index in [0.717, 1.165) is 17.7 Å². The molecule has 34 heavy (non-hydrogen) atoms. The molecule has 0 aliphatic rings. The molecule has 11 heteroatoms. The van der Waals surface area contributed by atoms with Crippen molar-refractivity contribution in [3.63, 3.8) is 0 Å². The molecular formula is C23H18F3N3O5. The maximum Gasteiger partial charge on any atom is 0.573 e. The van der Waals surface area contributed by atoms with Gasteiger partial charge in [0.1, 0.15) is 11.9 Å². The van der Waals surface area contributed by atoms with E-state index >= 15 is 0 Å². The summed E-state index contributed by atoms with van der Waals surface area (Å²) in [5.74, 6) is -0.108. The van der Waals surface area contributed by atoms with Crippen LogP contribution in [-0.2, 0) is 6.54 Å². The molecule has 2 N–H and O–H groups in total. The summed E-state index contributed by atoms with van der Waals surface area (Å²) in [4.78, 5) is 16.6. The fourth-order valence-corrected chi connectivity index (χ4v) is 3.25. The number of pyridine rings is 1. The van der Waals surface area contributed by atoms with Gasteiger partial charge in [-0.2, -0.15) is 4.98 Å². The monoisotopic (exact) mass is 473 g/mol. The highest BCUT2D eigenvalue weighted by Gasteiger charge is 2.31. The zero-order valence-corrected chi connectivity index (χ0v) is 17.4. The van der Waals surface area contributed by atoms with Crippen LogP contribution < -0.4 is 10.3 Å². The third-order valence-electron chi connectivity index (χ3n) is 4.86. The minimum atomic E-state index is -4.79. The molecule has 8 nitrogen and oxygen atoms in total. The first kappa shape index (κ1) is 23.2. The lowest BCUT2D eigenvalue weighted by atomic mass is 10.1. The van der Waals surface area contributed by atoms with E-state index in [2.05, 4.69) is 14.9 Å². The molecule has 0 aliphatic heterocycles. The second kappa shape index (κ2) is 9.49. The molecule has 0 unspecified atom stereocenters. The van der Waals surface area contributed by atoms with Gasteiger partial charge < -0.3 is 24.0 Å². The van der Waals surface area contributed by atoms with E-state index in [-0.39, 0.29) is 29.6 Å². The summed E-state index contributed by atoms with van der Waals surface area (Å²) in [6.07, 6.45) is -4.27. The summed E-state index contributed by atoms with van der Waals surface area (Å²) >= 11 is 0. The van der Waals surface area contributed by atoms with E-state index in [1.54, 1.807) is 24.3 Å². The van der Waals surface area contributed by atoms with Gasteiger partial charge in [0.25, 0.3) is 11.4 Å². The number of benzene rings is 2. The topological polar surface area (TPSA) is 111 Å². The summed E-state index contributed by atoms with van der Waals surface area (Å²) in [6, 6.07) is 14.7.